The molecule has 2 aliphatic rings. The lowest BCUT2D eigenvalue weighted by molar-refractivity contribution is 0.208. The Balaban J connectivity index is 2.01. The van der Waals surface area contributed by atoms with Crippen LogP contribution in [0, 0.1) is 0 Å². The summed E-state index contributed by atoms with van der Waals surface area (Å²) in [7, 11) is 0. The standard InChI is InChI=1S/C14H23N3/c1-2-10-17-11-15-12-6-9-16-14(13(12)17)7-4-3-5-8-14/h11,16H,2-10H2,1H3. The molecule has 0 bridgehead atoms. The third-order valence-electron chi connectivity index (χ3n) is 4.36. The zero-order chi connectivity index (χ0) is 11.7. The van der Waals surface area contributed by atoms with E-state index in [9.17, 15) is 0 Å². The van der Waals surface area contributed by atoms with E-state index in [4.69, 9.17) is 0 Å². The minimum Gasteiger partial charge on any atom is -0.333 e. The maximum atomic E-state index is 4.65. The van der Waals surface area contributed by atoms with Crippen LogP contribution in [0.25, 0.3) is 0 Å². The minimum atomic E-state index is 0.261. The van der Waals surface area contributed by atoms with Crippen LogP contribution in [0.3, 0.4) is 0 Å². The molecule has 1 spiro atoms. The van der Waals surface area contributed by atoms with Gasteiger partial charge in [-0.25, -0.2) is 4.98 Å². The van der Waals surface area contributed by atoms with Gasteiger partial charge in [0.25, 0.3) is 0 Å². The molecule has 0 aromatic carbocycles. The van der Waals surface area contributed by atoms with Crippen molar-refractivity contribution in [3.8, 4) is 0 Å². The van der Waals surface area contributed by atoms with Crippen molar-refractivity contribution in [3.05, 3.63) is 17.7 Å². The SMILES string of the molecule is CCCn1cnc2c1C1(CCCCC1)NCC2. The van der Waals surface area contributed by atoms with Crippen molar-refractivity contribution in [1.82, 2.24) is 14.9 Å². The molecule has 0 atom stereocenters. The summed E-state index contributed by atoms with van der Waals surface area (Å²) in [6.45, 7) is 4.47. The number of nitrogens with zero attached hydrogens (tertiary/aromatic N) is 2. The third kappa shape index (κ3) is 1.81. The first-order chi connectivity index (χ1) is 8.36. The molecule has 94 valence electrons. The number of aromatic nitrogens is 2. The van der Waals surface area contributed by atoms with E-state index in [1.807, 2.05) is 0 Å². The van der Waals surface area contributed by atoms with E-state index in [2.05, 4.69) is 28.1 Å². The van der Waals surface area contributed by atoms with Crippen molar-refractivity contribution in [2.24, 2.45) is 0 Å². The summed E-state index contributed by atoms with van der Waals surface area (Å²) in [5.74, 6) is 0. The van der Waals surface area contributed by atoms with Gasteiger partial charge in [-0.05, 0) is 19.3 Å². The van der Waals surface area contributed by atoms with Crippen molar-refractivity contribution in [1.29, 1.82) is 0 Å². The van der Waals surface area contributed by atoms with Gasteiger partial charge >= 0.3 is 0 Å². The summed E-state index contributed by atoms with van der Waals surface area (Å²) in [6, 6.07) is 0. The monoisotopic (exact) mass is 233 g/mol. The molecule has 1 aromatic rings. The molecule has 0 amide bonds. The lowest BCUT2D eigenvalue weighted by atomic mass is 9.76. The molecule has 1 saturated carbocycles. The molecule has 1 fully saturated rings. The molecule has 1 aliphatic carbocycles. The minimum absolute atomic E-state index is 0.261. The van der Waals surface area contributed by atoms with E-state index in [1.54, 1.807) is 0 Å². The maximum absolute atomic E-state index is 4.65. The smallest absolute Gasteiger partial charge is 0.0952 e. The zero-order valence-corrected chi connectivity index (χ0v) is 10.8. The highest BCUT2D eigenvalue weighted by Gasteiger charge is 2.40. The van der Waals surface area contributed by atoms with E-state index in [0.717, 1.165) is 19.5 Å². The fourth-order valence-corrected chi connectivity index (χ4v) is 3.64. The Morgan fingerprint density at radius 1 is 1.35 bits per heavy atom. The van der Waals surface area contributed by atoms with Crippen LogP contribution < -0.4 is 5.32 Å². The van der Waals surface area contributed by atoms with Gasteiger partial charge in [0.2, 0.25) is 0 Å². The van der Waals surface area contributed by atoms with Crippen molar-refractivity contribution >= 4 is 0 Å². The fraction of sp³-hybridized carbons (Fsp3) is 0.786. The molecule has 1 aromatic heterocycles. The average Bonchev–Trinajstić information content (AvgIpc) is 2.76. The second-order valence-electron chi connectivity index (χ2n) is 5.55. The maximum Gasteiger partial charge on any atom is 0.0952 e. The second-order valence-corrected chi connectivity index (χ2v) is 5.55. The fourth-order valence-electron chi connectivity index (χ4n) is 3.64. The Bertz CT molecular complexity index is 388. The van der Waals surface area contributed by atoms with Crippen molar-refractivity contribution < 1.29 is 0 Å². The molecule has 0 saturated heterocycles. The molecule has 3 nitrogen and oxygen atoms in total. The highest BCUT2D eigenvalue weighted by atomic mass is 15.1. The summed E-state index contributed by atoms with van der Waals surface area (Å²) in [5, 5.41) is 3.81. The van der Waals surface area contributed by atoms with Gasteiger partial charge < -0.3 is 9.88 Å². The molecule has 0 radical (unpaired) electrons. The van der Waals surface area contributed by atoms with Gasteiger partial charge in [-0.1, -0.05) is 26.2 Å². The van der Waals surface area contributed by atoms with Gasteiger partial charge in [0, 0.05) is 19.5 Å². The van der Waals surface area contributed by atoms with Crippen molar-refractivity contribution in [3.63, 3.8) is 0 Å². The van der Waals surface area contributed by atoms with Gasteiger partial charge in [-0.15, -0.1) is 0 Å². The average molecular weight is 233 g/mol. The van der Waals surface area contributed by atoms with Crippen LogP contribution in [0.15, 0.2) is 6.33 Å². The van der Waals surface area contributed by atoms with Crippen LogP contribution in [0.1, 0.15) is 56.8 Å². The highest BCUT2D eigenvalue weighted by Crippen LogP contribution is 2.40. The Hall–Kier alpha value is -0.830. The Labute approximate surface area is 104 Å². The van der Waals surface area contributed by atoms with Gasteiger partial charge in [0.15, 0.2) is 0 Å². The molecule has 1 N–H and O–H groups in total. The van der Waals surface area contributed by atoms with Gasteiger partial charge in [-0.3, -0.25) is 0 Å². The molecule has 3 heteroatoms. The number of fused-ring (bicyclic) bond motifs is 2. The predicted octanol–water partition coefficient (Wildman–Crippen LogP) is 2.60. The summed E-state index contributed by atoms with van der Waals surface area (Å²) < 4.78 is 2.41. The first-order valence-corrected chi connectivity index (χ1v) is 7.15. The van der Waals surface area contributed by atoms with Gasteiger partial charge in [0.1, 0.15) is 0 Å². The quantitative estimate of drug-likeness (QED) is 0.851. The highest BCUT2D eigenvalue weighted by molar-refractivity contribution is 5.27. The van der Waals surface area contributed by atoms with E-state index in [-0.39, 0.29) is 5.54 Å². The van der Waals surface area contributed by atoms with Crippen LogP contribution in [0.2, 0.25) is 0 Å². The molecule has 2 heterocycles. The van der Waals surface area contributed by atoms with Gasteiger partial charge in [-0.2, -0.15) is 0 Å². The number of hydrogen-bond donors (Lipinski definition) is 1. The Kier molecular flexibility index (Phi) is 2.95. The molecule has 3 rings (SSSR count). The van der Waals surface area contributed by atoms with E-state index in [1.165, 1.54) is 49.9 Å². The Morgan fingerprint density at radius 2 is 2.18 bits per heavy atom. The molecule has 0 unspecified atom stereocenters. The Morgan fingerprint density at radius 3 is 2.94 bits per heavy atom. The third-order valence-corrected chi connectivity index (χ3v) is 4.36. The number of imidazole rings is 1. The van der Waals surface area contributed by atoms with Crippen LogP contribution in [0.5, 0.6) is 0 Å². The molecular weight excluding hydrogens is 210 g/mol. The summed E-state index contributed by atoms with van der Waals surface area (Å²) in [6.07, 6.45) is 11.1. The second kappa shape index (κ2) is 4.45. The molecular formula is C14H23N3. The lowest BCUT2D eigenvalue weighted by Gasteiger charge is -2.42. The zero-order valence-electron chi connectivity index (χ0n) is 10.8. The van der Waals surface area contributed by atoms with Crippen LogP contribution in [-0.4, -0.2) is 16.1 Å². The summed E-state index contributed by atoms with van der Waals surface area (Å²) in [5.41, 5.74) is 3.14. The lowest BCUT2D eigenvalue weighted by Crippen LogP contribution is -2.49. The topological polar surface area (TPSA) is 29.9 Å². The van der Waals surface area contributed by atoms with Crippen molar-refractivity contribution in [2.45, 2.75) is 64.0 Å². The van der Waals surface area contributed by atoms with Crippen LogP contribution in [0.4, 0.5) is 0 Å². The van der Waals surface area contributed by atoms with E-state index >= 15 is 0 Å². The normalized spacial score (nSPS) is 22.6. The van der Waals surface area contributed by atoms with E-state index in [0.29, 0.717) is 0 Å². The number of rotatable bonds is 2. The van der Waals surface area contributed by atoms with E-state index < -0.39 is 0 Å². The number of hydrogen-bond acceptors (Lipinski definition) is 2. The van der Waals surface area contributed by atoms with Crippen LogP contribution >= 0.6 is 0 Å². The summed E-state index contributed by atoms with van der Waals surface area (Å²) in [4.78, 5) is 4.65. The predicted molar refractivity (Wildman–Crippen MR) is 69.0 cm³/mol. The molecule has 17 heavy (non-hydrogen) atoms. The largest absolute Gasteiger partial charge is 0.333 e. The number of nitrogens with one attached hydrogen (secondary N) is 1. The van der Waals surface area contributed by atoms with Gasteiger partial charge in [0.05, 0.1) is 23.3 Å². The van der Waals surface area contributed by atoms with Crippen LogP contribution in [-0.2, 0) is 18.5 Å². The summed E-state index contributed by atoms with van der Waals surface area (Å²) >= 11 is 0. The van der Waals surface area contributed by atoms with Crippen molar-refractivity contribution in [2.75, 3.05) is 6.54 Å². The molecule has 1 aliphatic heterocycles. The first-order valence-electron chi connectivity index (χ1n) is 7.15. The number of aryl methyl sites for hydroxylation is 1. The first kappa shape index (κ1) is 11.3.